The summed E-state index contributed by atoms with van der Waals surface area (Å²) in [6.45, 7) is 3.77. The standard InChI is InChI=1S/C33H37N3O4/c1-3-9-32(38)34-31-13-8-7-12-30(31)25-18-21-35(22-19-25)28(24-37)20-23-36(27-10-5-4-6-11-27)33(39)26-14-16-29(40-2)17-15-26/h4-8,10-17,25H,3,9,18-23H2,1-2H3,(H,34,38). The van der Waals surface area contributed by atoms with Crippen molar-refractivity contribution in [3.63, 3.8) is 0 Å². The molecule has 7 nitrogen and oxygen atoms in total. The van der Waals surface area contributed by atoms with E-state index in [0.29, 0.717) is 55.4 Å². The third-order valence-electron chi connectivity index (χ3n) is 7.37. The van der Waals surface area contributed by atoms with Gasteiger partial charge in [-0.3, -0.25) is 9.59 Å². The van der Waals surface area contributed by atoms with E-state index in [1.165, 1.54) is 0 Å². The van der Waals surface area contributed by atoms with Crippen molar-refractivity contribution in [2.45, 2.75) is 44.9 Å². The number of hydrogen-bond acceptors (Lipinski definition) is 5. The molecule has 0 unspecified atom stereocenters. The largest absolute Gasteiger partial charge is 0.497 e. The van der Waals surface area contributed by atoms with Gasteiger partial charge in [0.25, 0.3) is 5.91 Å². The summed E-state index contributed by atoms with van der Waals surface area (Å²) in [5, 5.41) is 3.07. The van der Waals surface area contributed by atoms with Crippen LogP contribution in [0.3, 0.4) is 0 Å². The van der Waals surface area contributed by atoms with Crippen LogP contribution in [0.1, 0.15) is 60.9 Å². The van der Waals surface area contributed by atoms with E-state index in [2.05, 4.69) is 22.2 Å². The van der Waals surface area contributed by atoms with E-state index in [1.54, 1.807) is 36.3 Å². The van der Waals surface area contributed by atoms with Gasteiger partial charge in [-0.05, 0) is 73.2 Å². The monoisotopic (exact) mass is 539 g/mol. The van der Waals surface area contributed by atoms with Crippen LogP contribution in [0, 0.1) is 0 Å². The van der Waals surface area contributed by atoms with Crippen molar-refractivity contribution < 1.29 is 19.1 Å². The minimum Gasteiger partial charge on any atom is -0.497 e. The number of rotatable bonds is 11. The number of amides is 2. The van der Waals surface area contributed by atoms with Crippen molar-refractivity contribution >= 4 is 29.1 Å². The first-order valence-electron chi connectivity index (χ1n) is 13.9. The predicted octanol–water partition coefficient (Wildman–Crippen LogP) is 6.07. The molecule has 4 rings (SSSR count). The van der Waals surface area contributed by atoms with Gasteiger partial charge in [0.15, 0.2) is 0 Å². The van der Waals surface area contributed by atoms with E-state index in [-0.39, 0.29) is 11.8 Å². The van der Waals surface area contributed by atoms with E-state index in [1.807, 2.05) is 55.5 Å². The maximum absolute atomic E-state index is 13.5. The molecule has 0 radical (unpaired) electrons. The van der Waals surface area contributed by atoms with Crippen LogP contribution < -0.4 is 15.0 Å². The molecule has 1 aliphatic heterocycles. The Labute approximate surface area is 236 Å². The lowest BCUT2D eigenvalue weighted by atomic mass is 9.88. The fourth-order valence-electron chi connectivity index (χ4n) is 5.20. The molecule has 2 amide bonds. The van der Waals surface area contributed by atoms with Crippen LogP contribution in [0.4, 0.5) is 11.4 Å². The van der Waals surface area contributed by atoms with Crippen molar-refractivity contribution in [1.29, 1.82) is 0 Å². The van der Waals surface area contributed by atoms with Gasteiger partial charge >= 0.3 is 0 Å². The second-order valence-electron chi connectivity index (χ2n) is 9.97. The molecule has 0 atom stereocenters. The molecule has 1 fully saturated rings. The van der Waals surface area contributed by atoms with Crippen LogP contribution in [-0.4, -0.2) is 49.4 Å². The van der Waals surface area contributed by atoms with Gasteiger partial charge in [0, 0.05) is 49.4 Å². The van der Waals surface area contributed by atoms with Crippen molar-refractivity contribution in [3.05, 3.63) is 95.7 Å². The van der Waals surface area contributed by atoms with Gasteiger partial charge in [0.2, 0.25) is 5.91 Å². The van der Waals surface area contributed by atoms with Gasteiger partial charge in [0.05, 0.1) is 7.11 Å². The summed E-state index contributed by atoms with van der Waals surface area (Å²) in [6, 6.07) is 24.5. The quantitative estimate of drug-likeness (QED) is 0.300. The zero-order chi connectivity index (χ0) is 28.3. The molecule has 7 heteroatoms. The van der Waals surface area contributed by atoms with Crippen LogP contribution in [0.2, 0.25) is 0 Å². The molecular weight excluding hydrogens is 502 g/mol. The maximum Gasteiger partial charge on any atom is 0.258 e. The molecule has 1 N–H and O–H groups in total. The first kappa shape index (κ1) is 28.7. The Kier molecular flexibility index (Phi) is 10.1. The first-order chi connectivity index (χ1) is 19.5. The molecule has 0 spiro atoms. The van der Waals surface area contributed by atoms with Gasteiger partial charge in [0.1, 0.15) is 17.4 Å². The summed E-state index contributed by atoms with van der Waals surface area (Å²) < 4.78 is 5.23. The smallest absolute Gasteiger partial charge is 0.258 e. The SMILES string of the molecule is CCCC(=O)Nc1ccccc1C1CCN(C(=C=O)CCN(C(=O)c2ccc(OC)cc2)c2ccccc2)CC1. The second-order valence-corrected chi connectivity index (χ2v) is 9.97. The number of nitrogens with one attached hydrogen (secondary N) is 1. The topological polar surface area (TPSA) is 79.0 Å². The van der Waals surface area contributed by atoms with Gasteiger partial charge < -0.3 is 19.9 Å². The zero-order valence-electron chi connectivity index (χ0n) is 23.3. The minimum absolute atomic E-state index is 0.0331. The average Bonchev–Trinajstić information content (AvgIpc) is 3.00. The van der Waals surface area contributed by atoms with E-state index in [0.717, 1.165) is 36.2 Å². The first-order valence-corrected chi connectivity index (χ1v) is 13.9. The number of anilines is 2. The fourth-order valence-corrected chi connectivity index (χ4v) is 5.20. The van der Waals surface area contributed by atoms with Crippen LogP contribution >= 0.6 is 0 Å². The van der Waals surface area contributed by atoms with Crippen LogP contribution in [0.15, 0.2) is 84.6 Å². The number of carbonyl (C=O) groups is 2. The van der Waals surface area contributed by atoms with E-state index in [4.69, 9.17) is 4.74 Å². The summed E-state index contributed by atoms with van der Waals surface area (Å²) in [4.78, 5) is 41.6. The summed E-state index contributed by atoms with van der Waals surface area (Å²) in [7, 11) is 1.59. The Bertz CT molecular complexity index is 1330. The number of likely N-dealkylation sites (tertiary alicyclic amines) is 1. The lowest BCUT2D eigenvalue weighted by Gasteiger charge is -2.35. The maximum atomic E-state index is 13.5. The predicted molar refractivity (Wildman–Crippen MR) is 158 cm³/mol. The number of methoxy groups -OCH3 is 1. The van der Waals surface area contributed by atoms with Gasteiger partial charge in [-0.25, -0.2) is 4.79 Å². The molecule has 3 aromatic carbocycles. The number of piperidine rings is 1. The highest BCUT2D eigenvalue weighted by atomic mass is 16.5. The number of benzene rings is 3. The van der Waals surface area contributed by atoms with Gasteiger partial charge in [-0.15, -0.1) is 0 Å². The van der Waals surface area contributed by atoms with Crippen molar-refractivity contribution in [3.8, 4) is 5.75 Å². The summed E-state index contributed by atoms with van der Waals surface area (Å²) in [6.07, 6.45) is 3.43. The van der Waals surface area contributed by atoms with Gasteiger partial charge in [-0.1, -0.05) is 43.3 Å². The number of para-hydroxylation sites is 2. The lowest BCUT2D eigenvalue weighted by Crippen LogP contribution is -2.36. The Morgan fingerprint density at radius 2 is 1.62 bits per heavy atom. The zero-order valence-corrected chi connectivity index (χ0v) is 23.3. The summed E-state index contributed by atoms with van der Waals surface area (Å²) >= 11 is 0. The molecule has 0 bridgehead atoms. The Hall–Kier alpha value is -4.35. The molecule has 0 aliphatic carbocycles. The van der Waals surface area contributed by atoms with Gasteiger partial charge in [-0.2, -0.15) is 0 Å². The molecule has 1 heterocycles. The van der Waals surface area contributed by atoms with Crippen LogP contribution in [-0.2, 0) is 9.59 Å². The van der Waals surface area contributed by atoms with E-state index < -0.39 is 0 Å². The Balaban J connectivity index is 1.42. The molecule has 40 heavy (non-hydrogen) atoms. The van der Waals surface area contributed by atoms with Crippen LogP contribution in [0.25, 0.3) is 0 Å². The van der Waals surface area contributed by atoms with Crippen molar-refractivity contribution in [1.82, 2.24) is 4.90 Å². The molecular formula is C33H37N3O4. The highest BCUT2D eigenvalue weighted by Gasteiger charge is 2.26. The fraction of sp³-hybridized carbons (Fsp3) is 0.333. The lowest BCUT2D eigenvalue weighted by molar-refractivity contribution is -0.116. The second kappa shape index (κ2) is 14.2. The normalized spacial score (nSPS) is 13.3. The molecule has 0 saturated carbocycles. The van der Waals surface area contributed by atoms with Crippen LogP contribution in [0.5, 0.6) is 5.75 Å². The summed E-state index contributed by atoms with van der Waals surface area (Å²) in [5.74, 6) is 3.03. The molecule has 1 saturated heterocycles. The van der Waals surface area contributed by atoms with E-state index in [9.17, 15) is 14.4 Å². The van der Waals surface area contributed by atoms with Crippen molar-refractivity contribution in [2.75, 3.05) is 37.0 Å². The number of carbonyl (C=O) groups excluding carboxylic acids is 3. The summed E-state index contributed by atoms with van der Waals surface area (Å²) in [5.41, 5.74) is 3.91. The molecule has 1 aliphatic rings. The Morgan fingerprint density at radius 1 is 0.950 bits per heavy atom. The number of nitrogens with zero attached hydrogens (tertiary/aromatic N) is 2. The third kappa shape index (κ3) is 7.19. The van der Waals surface area contributed by atoms with Crippen molar-refractivity contribution in [2.24, 2.45) is 0 Å². The molecule has 208 valence electrons. The minimum atomic E-state index is -0.139. The number of hydrogen-bond donors (Lipinski definition) is 1. The highest BCUT2D eigenvalue weighted by molar-refractivity contribution is 6.06. The average molecular weight is 540 g/mol. The number of ether oxygens (including phenoxy) is 1. The molecule has 3 aromatic rings. The molecule has 0 aromatic heterocycles. The van der Waals surface area contributed by atoms with E-state index >= 15 is 0 Å². The Morgan fingerprint density at radius 3 is 2.27 bits per heavy atom. The highest BCUT2D eigenvalue weighted by Crippen LogP contribution is 2.34. The third-order valence-corrected chi connectivity index (χ3v) is 7.37.